The number of hydrogen-bond acceptors (Lipinski definition) is 5. The Labute approximate surface area is 118 Å². The predicted molar refractivity (Wildman–Crippen MR) is 79.3 cm³/mol. The first kappa shape index (κ1) is 14.6. The summed E-state index contributed by atoms with van der Waals surface area (Å²) in [6, 6.07) is 5.53. The molecule has 6 nitrogen and oxygen atoms in total. The molecule has 1 unspecified atom stereocenters. The summed E-state index contributed by atoms with van der Waals surface area (Å²) in [6.45, 7) is 0.916. The monoisotopic (exact) mass is 279 g/mol. The molecule has 0 spiro atoms. The lowest BCUT2D eigenvalue weighted by molar-refractivity contribution is -0.383. The maximum absolute atomic E-state index is 11.4. The van der Waals surface area contributed by atoms with E-state index in [1.165, 1.54) is 0 Å². The molecule has 1 aliphatic heterocycles. The summed E-state index contributed by atoms with van der Waals surface area (Å²) in [5, 5.41) is 23.5. The van der Waals surface area contributed by atoms with Gasteiger partial charge >= 0.3 is 5.69 Å². The summed E-state index contributed by atoms with van der Waals surface area (Å²) < 4.78 is 0. The van der Waals surface area contributed by atoms with E-state index in [1.807, 2.05) is 6.07 Å². The number of nitro groups is 1. The quantitative estimate of drug-likeness (QED) is 0.639. The molecule has 110 valence electrons. The summed E-state index contributed by atoms with van der Waals surface area (Å²) in [5.74, 6) is 0. The van der Waals surface area contributed by atoms with Crippen molar-refractivity contribution in [1.29, 1.82) is 0 Å². The topological polar surface area (TPSA) is 78.6 Å². The van der Waals surface area contributed by atoms with Gasteiger partial charge in [0, 0.05) is 26.2 Å². The van der Waals surface area contributed by atoms with E-state index in [1.54, 1.807) is 19.2 Å². The average molecular weight is 279 g/mol. The van der Waals surface area contributed by atoms with Crippen LogP contribution in [0.5, 0.6) is 0 Å². The minimum absolute atomic E-state index is 0.112. The zero-order valence-corrected chi connectivity index (χ0v) is 11.7. The third kappa shape index (κ3) is 2.85. The molecule has 20 heavy (non-hydrogen) atoms. The molecule has 1 aromatic rings. The van der Waals surface area contributed by atoms with Gasteiger partial charge in [-0.25, -0.2) is 0 Å². The van der Waals surface area contributed by atoms with Crippen LogP contribution in [-0.2, 0) is 0 Å². The number of aliphatic hydroxyl groups excluding tert-OH is 1. The summed E-state index contributed by atoms with van der Waals surface area (Å²) in [6.07, 6.45) is 3.77. The molecule has 2 rings (SSSR count). The summed E-state index contributed by atoms with van der Waals surface area (Å²) >= 11 is 0. The van der Waals surface area contributed by atoms with Crippen LogP contribution in [0.3, 0.4) is 0 Å². The highest BCUT2D eigenvalue weighted by molar-refractivity contribution is 5.77. The second-order valence-electron chi connectivity index (χ2n) is 5.04. The Kier molecular flexibility index (Phi) is 4.79. The van der Waals surface area contributed by atoms with Gasteiger partial charge < -0.3 is 15.3 Å². The van der Waals surface area contributed by atoms with Crippen LogP contribution >= 0.6 is 0 Å². The van der Waals surface area contributed by atoms with Crippen LogP contribution in [0.1, 0.15) is 25.7 Å². The molecule has 1 fully saturated rings. The Morgan fingerprint density at radius 1 is 1.50 bits per heavy atom. The third-order valence-electron chi connectivity index (χ3n) is 3.87. The lowest BCUT2D eigenvalue weighted by Gasteiger charge is -2.37. The SMILES string of the molecule is CNc1cccc(N2CCCCC2CCO)c1[N+](=O)[O-]. The molecule has 1 aliphatic rings. The van der Waals surface area contributed by atoms with Crippen LogP contribution in [0.15, 0.2) is 18.2 Å². The molecule has 0 radical (unpaired) electrons. The lowest BCUT2D eigenvalue weighted by atomic mass is 9.98. The van der Waals surface area contributed by atoms with Gasteiger partial charge in [-0.1, -0.05) is 6.07 Å². The first-order valence-electron chi connectivity index (χ1n) is 7.01. The second kappa shape index (κ2) is 6.56. The number of rotatable bonds is 5. The molecule has 0 amide bonds. The third-order valence-corrected chi connectivity index (χ3v) is 3.87. The normalized spacial score (nSPS) is 18.9. The molecule has 0 aromatic heterocycles. The van der Waals surface area contributed by atoms with Crippen molar-refractivity contribution in [2.45, 2.75) is 31.7 Å². The average Bonchev–Trinajstić information content (AvgIpc) is 2.47. The smallest absolute Gasteiger partial charge is 0.315 e. The van der Waals surface area contributed by atoms with E-state index < -0.39 is 0 Å². The Morgan fingerprint density at radius 3 is 2.95 bits per heavy atom. The van der Waals surface area contributed by atoms with Crippen molar-refractivity contribution in [3.63, 3.8) is 0 Å². The molecule has 1 saturated heterocycles. The minimum Gasteiger partial charge on any atom is -0.396 e. The number of nitrogens with zero attached hydrogens (tertiary/aromatic N) is 2. The molecule has 0 bridgehead atoms. The number of anilines is 2. The highest BCUT2D eigenvalue weighted by Crippen LogP contribution is 2.38. The highest BCUT2D eigenvalue weighted by Gasteiger charge is 2.29. The zero-order chi connectivity index (χ0) is 14.5. The van der Waals surface area contributed by atoms with Gasteiger partial charge in [0.2, 0.25) is 0 Å². The number of hydrogen-bond donors (Lipinski definition) is 2. The number of piperidine rings is 1. The van der Waals surface area contributed by atoms with Crippen LogP contribution in [0.25, 0.3) is 0 Å². The highest BCUT2D eigenvalue weighted by atomic mass is 16.6. The molecule has 1 heterocycles. The van der Waals surface area contributed by atoms with Gasteiger partial charge in [0.15, 0.2) is 0 Å². The Bertz CT molecular complexity index is 477. The Hall–Kier alpha value is -1.82. The number of nitro benzene ring substituents is 1. The van der Waals surface area contributed by atoms with Gasteiger partial charge in [0.1, 0.15) is 11.4 Å². The largest absolute Gasteiger partial charge is 0.396 e. The van der Waals surface area contributed by atoms with E-state index in [2.05, 4.69) is 10.2 Å². The van der Waals surface area contributed by atoms with E-state index in [4.69, 9.17) is 0 Å². The van der Waals surface area contributed by atoms with E-state index in [-0.39, 0.29) is 23.3 Å². The standard InChI is InChI=1S/C14H21N3O3/c1-15-12-6-4-7-13(14(12)17(19)20)16-9-3-2-5-11(16)8-10-18/h4,6-7,11,15,18H,2-3,5,8-10H2,1H3. The van der Waals surface area contributed by atoms with Gasteiger partial charge in [-0.15, -0.1) is 0 Å². The molecule has 1 aromatic carbocycles. The van der Waals surface area contributed by atoms with E-state index in [9.17, 15) is 15.2 Å². The van der Waals surface area contributed by atoms with Gasteiger partial charge in [-0.2, -0.15) is 0 Å². The fourth-order valence-electron chi connectivity index (χ4n) is 2.92. The molecule has 0 saturated carbocycles. The van der Waals surface area contributed by atoms with E-state index in [0.29, 0.717) is 17.8 Å². The molecule has 0 aliphatic carbocycles. The van der Waals surface area contributed by atoms with Crippen molar-refractivity contribution >= 4 is 17.1 Å². The summed E-state index contributed by atoms with van der Waals surface area (Å²) in [4.78, 5) is 13.2. The van der Waals surface area contributed by atoms with E-state index in [0.717, 1.165) is 25.8 Å². The minimum atomic E-state index is -0.328. The molecular weight excluding hydrogens is 258 g/mol. The van der Waals surface area contributed by atoms with Crippen LogP contribution < -0.4 is 10.2 Å². The Morgan fingerprint density at radius 2 is 2.30 bits per heavy atom. The van der Waals surface area contributed by atoms with E-state index >= 15 is 0 Å². The lowest BCUT2D eigenvalue weighted by Crippen LogP contribution is -2.40. The van der Waals surface area contributed by atoms with Crippen LogP contribution in [-0.4, -0.2) is 36.3 Å². The van der Waals surface area contributed by atoms with Crippen molar-refractivity contribution in [1.82, 2.24) is 0 Å². The number of para-hydroxylation sites is 1. The maximum Gasteiger partial charge on any atom is 0.315 e. The van der Waals surface area contributed by atoms with Crippen molar-refractivity contribution in [2.75, 3.05) is 30.4 Å². The molecule has 2 N–H and O–H groups in total. The molecule has 1 atom stereocenters. The first-order valence-corrected chi connectivity index (χ1v) is 7.01. The number of nitrogens with one attached hydrogen (secondary N) is 1. The van der Waals surface area contributed by atoms with Crippen molar-refractivity contribution in [2.24, 2.45) is 0 Å². The van der Waals surface area contributed by atoms with Crippen LogP contribution in [0, 0.1) is 10.1 Å². The predicted octanol–water partition coefficient (Wildman–Crippen LogP) is 2.38. The van der Waals surface area contributed by atoms with Gasteiger partial charge in [-0.3, -0.25) is 10.1 Å². The maximum atomic E-state index is 11.4. The summed E-state index contributed by atoms with van der Waals surface area (Å²) in [7, 11) is 1.69. The van der Waals surface area contributed by atoms with Gasteiger partial charge in [-0.05, 0) is 37.8 Å². The number of aliphatic hydroxyl groups is 1. The van der Waals surface area contributed by atoms with Crippen LogP contribution in [0.2, 0.25) is 0 Å². The summed E-state index contributed by atoms with van der Waals surface area (Å²) in [5.41, 5.74) is 1.31. The first-order chi connectivity index (χ1) is 9.69. The zero-order valence-electron chi connectivity index (χ0n) is 11.7. The van der Waals surface area contributed by atoms with Crippen LogP contribution in [0.4, 0.5) is 17.1 Å². The Balaban J connectivity index is 2.41. The van der Waals surface area contributed by atoms with Gasteiger partial charge in [0.05, 0.1) is 4.92 Å². The number of benzene rings is 1. The molecule has 6 heteroatoms. The fourth-order valence-corrected chi connectivity index (χ4v) is 2.92. The molecular formula is C14H21N3O3. The van der Waals surface area contributed by atoms with Gasteiger partial charge in [0.25, 0.3) is 0 Å². The second-order valence-corrected chi connectivity index (χ2v) is 5.04. The van der Waals surface area contributed by atoms with Crippen molar-refractivity contribution < 1.29 is 10.0 Å². The van der Waals surface area contributed by atoms with Crippen molar-refractivity contribution in [3.8, 4) is 0 Å². The van der Waals surface area contributed by atoms with Crippen molar-refractivity contribution in [3.05, 3.63) is 28.3 Å². The fraction of sp³-hybridized carbons (Fsp3) is 0.571.